The van der Waals surface area contributed by atoms with Crippen molar-refractivity contribution in [3.63, 3.8) is 0 Å². The van der Waals surface area contributed by atoms with Crippen LogP contribution in [0.5, 0.6) is 5.75 Å². The van der Waals surface area contributed by atoms with Crippen LogP contribution < -0.4 is 4.74 Å². The second kappa shape index (κ2) is 7.14. The molecular formula is C21H24FNO2. The fourth-order valence-electron chi connectivity index (χ4n) is 4.05. The maximum atomic E-state index is 13.9. The van der Waals surface area contributed by atoms with Crippen LogP contribution in [-0.2, 0) is 11.3 Å². The average molecular weight is 341 g/mol. The third-order valence-corrected chi connectivity index (χ3v) is 5.19. The third kappa shape index (κ3) is 3.86. The number of para-hydroxylation sites is 1. The molecule has 0 radical (unpaired) electrons. The van der Waals surface area contributed by atoms with Gasteiger partial charge >= 0.3 is 0 Å². The summed E-state index contributed by atoms with van der Waals surface area (Å²) in [5, 5.41) is 0. The van der Waals surface area contributed by atoms with Crippen molar-refractivity contribution in [1.29, 1.82) is 0 Å². The Kier molecular flexibility index (Phi) is 4.73. The number of nitrogens with zero attached hydrogens (tertiary/aromatic N) is 1. The van der Waals surface area contributed by atoms with E-state index in [0.29, 0.717) is 13.2 Å². The largest absolute Gasteiger partial charge is 0.488 e. The number of hydrogen-bond donors (Lipinski definition) is 0. The number of benzene rings is 2. The molecule has 3 nitrogen and oxygen atoms in total. The van der Waals surface area contributed by atoms with Gasteiger partial charge < -0.3 is 9.47 Å². The molecule has 2 heterocycles. The van der Waals surface area contributed by atoms with Crippen molar-refractivity contribution in [2.75, 3.05) is 19.7 Å². The highest BCUT2D eigenvalue weighted by atomic mass is 19.1. The molecule has 25 heavy (non-hydrogen) atoms. The molecule has 2 atom stereocenters. The Morgan fingerprint density at radius 1 is 1.12 bits per heavy atom. The minimum atomic E-state index is -0.150. The van der Waals surface area contributed by atoms with Gasteiger partial charge in [-0.05, 0) is 37.6 Å². The molecule has 0 saturated carbocycles. The van der Waals surface area contributed by atoms with Gasteiger partial charge in [0.05, 0.1) is 12.2 Å². The molecule has 0 bridgehead atoms. The molecule has 2 unspecified atom stereocenters. The Bertz CT molecular complexity index is 708. The van der Waals surface area contributed by atoms with Gasteiger partial charge in [0, 0.05) is 25.1 Å². The number of rotatable bonds is 4. The molecule has 2 aromatic carbocycles. The predicted molar refractivity (Wildman–Crippen MR) is 95.1 cm³/mol. The summed E-state index contributed by atoms with van der Waals surface area (Å²) in [6, 6.07) is 17.0. The van der Waals surface area contributed by atoms with Gasteiger partial charge in [-0.15, -0.1) is 0 Å². The molecule has 0 aromatic heterocycles. The van der Waals surface area contributed by atoms with Crippen molar-refractivity contribution in [3.05, 3.63) is 66.0 Å². The van der Waals surface area contributed by atoms with E-state index in [-0.39, 0.29) is 17.5 Å². The Balaban J connectivity index is 1.38. The van der Waals surface area contributed by atoms with Crippen molar-refractivity contribution in [2.24, 2.45) is 0 Å². The lowest BCUT2D eigenvalue weighted by Gasteiger charge is -2.39. The molecule has 0 amide bonds. The summed E-state index contributed by atoms with van der Waals surface area (Å²) in [6.45, 7) is 3.10. The van der Waals surface area contributed by atoms with E-state index in [4.69, 9.17) is 9.47 Å². The van der Waals surface area contributed by atoms with E-state index in [9.17, 15) is 4.39 Å². The van der Waals surface area contributed by atoms with Gasteiger partial charge in [-0.2, -0.15) is 0 Å². The number of piperidine rings is 1. The van der Waals surface area contributed by atoms with Crippen LogP contribution in [0.15, 0.2) is 54.6 Å². The van der Waals surface area contributed by atoms with E-state index in [1.807, 2.05) is 42.5 Å². The summed E-state index contributed by atoms with van der Waals surface area (Å²) in [5.41, 5.74) is 0.609. The fourth-order valence-corrected chi connectivity index (χ4v) is 4.05. The molecule has 4 heteroatoms. The first-order valence-corrected chi connectivity index (χ1v) is 9.04. The molecule has 2 aliphatic rings. The third-order valence-electron chi connectivity index (χ3n) is 5.19. The number of likely N-dealkylation sites (tertiary alicyclic amines) is 1. The molecular weight excluding hydrogens is 317 g/mol. The summed E-state index contributed by atoms with van der Waals surface area (Å²) < 4.78 is 26.2. The molecule has 0 aliphatic carbocycles. The minimum Gasteiger partial charge on any atom is -0.488 e. The summed E-state index contributed by atoms with van der Waals surface area (Å²) in [4.78, 5) is 2.31. The van der Waals surface area contributed by atoms with Crippen LogP contribution in [0.1, 0.15) is 24.8 Å². The summed E-state index contributed by atoms with van der Waals surface area (Å²) in [5.74, 6) is 0.770. The van der Waals surface area contributed by atoms with Gasteiger partial charge in [0.25, 0.3) is 0 Å². The van der Waals surface area contributed by atoms with Crippen LogP contribution in [0.2, 0.25) is 0 Å². The van der Waals surface area contributed by atoms with Crippen LogP contribution in [0.4, 0.5) is 4.39 Å². The first kappa shape index (κ1) is 16.6. The predicted octanol–water partition coefficient (Wildman–Crippen LogP) is 4.03. The summed E-state index contributed by atoms with van der Waals surface area (Å²) in [7, 11) is 0. The Labute approximate surface area is 148 Å². The van der Waals surface area contributed by atoms with E-state index in [1.54, 1.807) is 6.07 Å². The summed E-state index contributed by atoms with van der Waals surface area (Å²) in [6.07, 6.45) is 3.12. The molecule has 0 N–H and O–H groups in total. The van der Waals surface area contributed by atoms with Crippen molar-refractivity contribution in [3.8, 4) is 5.75 Å². The lowest BCUT2D eigenvalue weighted by molar-refractivity contribution is -0.0540. The van der Waals surface area contributed by atoms with Crippen molar-refractivity contribution >= 4 is 0 Å². The van der Waals surface area contributed by atoms with Gasteiger partial charge in [-0.1, -0.05) is 36.4 Å². The number of ether oxygens (including phenoxy) is 2. The van der Waals surface area contributed by atoms with Crippen LogP contribution in [-0.4, -0.2) is 36.3 Å². The fraction of sp³-hybridized carbons (Fsp3) is 0.429. The second-order valence-electron chi connectivity index (χ2n) is 7.16. The second-order valence-corrected chi connectivity index (χ2v) is 7.16. The van der Waals surface area contributed by atoms with Crippen LogP contribution in [0.25, 0.3) is 0 Å². The molecule has 2 fully saturated rings. The molecule has 2 aromatic rings. The van der Waals surface area contributed by atoms with Crippen LogP contribution in [0, 0.1) is 5.82 Å². The monoisotopic (exact) mass is 341 g/mol. The molecule has 4 rings (SSSR count). The van der Waals surface area contributed by atoms with Gasteiger partial charge in [-0.25, -0.2) is 4.39 Å². The zero-order chi connectivity index (χ0) is 17.1. The first-order valence-electron chi connectivity index (χ1n) is 9.04. The normalized spacial score (nSPS) is 26.8. The first-order chi connectivity index (χ1) is 12.2. The maximum absolute atomic E-state index is 13.9. The molecule has 132 valence electrons. The van der Waals surface area contributed by atoms with Crippen molar-refractivity contribution < 1.29 is 13.9 Å². The van der Waals surface area contributed by atoms with E-state index in [0.717, 1.165) is 43.7 Å². The standard InChI is InChI=1S/C21H24FNO2/c22-20-10-5-4-7-17(20)14-23-12-6-11-21(16-23)13-19(15-24-21)25-18-8-2-1-3-9-18/h1-5,7-10,19H,6,11-16H2. The number of halogens is 1. The van der Waals surface area contributed by atoms with E-state index in [2.05, 4.69) is 4.90 Å². The van der Waals surface area contributed by atoms with Gasteiger partial charge in [-0.3, -0.25) is 4.90 Å². The topological polar surface area (TPSA) is 21.7 Å². The van der Waals surface area contributed by atoms with Crippen molar-refractivity contribution in [1.82, 2.24) is 4.90 Å². The Morgan fingerprint density at radius 3 is 2.76 bits per heavy atom. The molecule has 2 aliphatic heterocycles. The van der Waals surface area contributed by atoms with Gasteiger partial charge in [0.1, 0.15) is 17.7 Å². The smallest absolute Gasteiger partial charge is 0.127 e. The quantitative estimate of drug-likeness (QED) is 0.838. The van der Waals surface area contributed by atoms with E-state index >= 15 is 0 Å². The Morgan fingerprint density at radius 2 is 1.92 bits per heavy atom. The average Bonchev–Trinajstić information content (AvgIpc) is 3.00. The lowest BCUT2D eigenvalue weighted by atomic mass is 9.89. The van der Waals surface area contributed by atoms with Gasteiger partial charge in [0.2, 0.25) is 0 Å². The minimum absolute atomic E-state index is 0.0933. The highest BCUT2D eigenvalue weighted by molar-refractivity contribution is 5.21. The zero-order valence-corrected chi connectivity index (χ0v) is 14.4. The highest BCUT2D eigenvalue weighted by Gasteiger charge is 2.44. The molecule has 2 saturated heterocycles. The van der Waals surface area contributed by atoms with Crippen LogP contribution in [0.3, 0.4) is 0 Å². The lowest BCUT2D eigenvalue weighted by Crippen LogP contribution is -2.47. The van der Waals surface area contributed by atoms with Crippen molar-refractivity contribution in [2.45, 2.75) is 37.5 Å². The maximum Gasteiger partial charge on any atom is 0.127 e. The van der Waals surface area contributed by atoms with E-state index in [1.165, 1.54) is 6.07 Å². The highest BCUT2D eigenvalue weighted by Crippen LogP contribution is 2.36. The molecule has 1 spiro atoms. The SMILES string of the molecule is Fc1ccccc1CN1CCCC2(CC(Oc3ccccc3)CO2)C1. The number of hydrogen-bond acceptors (Lipinski definition) is 3. The van der Waals surface area contributed by atoms with E-state index < -0.39 is 0 Å². The zero-order valence-electron chi connectivity index (χ0n) is 14.4. The van der Waals surface area contributed by atoms with Crippen LogP contribution >= 0.6 is 0 Å². The van der Waals surface area contributed by atoms with Gasteiger partial charge in [0.15, 0.2) is 0 Å². The summed E-state index contributed by atoms with van der Waals surface area (Å²) >= 11 is 0. The Hall–Kier alpha value is -1.91.